The second-order valence-electron chi connectivity index (χ2n) is 6.01. The normalized spacial score (nSPS) is 13.2. The molecule has 0 atom stereocenters. The van der Waals surface area contributed by atoms with Crippen LogP contribution in [-0.2, 0) is 9.22 Å². The molecular weight excluding hydrogens is 252 g/mol. The Hall–Kier alpha value is -0.833. The van der Waals surface area contributed by atoms with Gasteiger partial charge in [-0.15, -0.1) is 6.58 Å². The molecule has 0 heterocycles. The predicted molar refractivity (Wildman–Crippen MR) is 85.7 cm³/mol. The summed E-state index contributed by atoms with van der Waals surface area (Å²) in [6.07, 6.45) is 6.31. The lowest BCUT2D eigenvalue weighted by Crippen LogP contribution is -2.47. The van der Waals surface area contributed by atoms with Gasteiger partial charge in [0.25, 0.3) is 8.32 Å². The number of hydrogen-bond donors (Lipinski definition) is 0. The predicted octanol–water partition coefficient (Wildman–Crippen LogP) is 5.23. The minimum Gasteiger partial charge on any atom is -0.541 e. The first-order chi connectivity index (χ1) is 8.82. The number of hydrogen-bond acceptors (Lipinski definition) is 2. The minimum atomic E-state index is -2.00. The standard InChI is InChI=1S/C16H30O2Si/c1-8-9-10-11-16(12-17)18-19(13(2)3,14(4)5)15(6)7/h8,11-15H,1,9-10H2,2-7H3/b16-11-. The van der Waals surface area contributed by atoms with Crippen molar-refractivity contribution in [3.63, 3.8) is 0 Å². The molecule has 110 valence electrons. The van der Waals surface area contributed by atoms with Gasteiger partial charge in [-0.1, -0.05) is 47.6 Å². The summed E-state index contributed by atoms with van der Waals surface area (Å²) in [7, 11) is -2.00. The molecule has 0 saturated carbocycles. The molecule has 0 aromatic carbocycles. The van der Waals surface area contributed by atoms with Crippen LogP contribution in [0.4, 0.5) is 0 Å². The van der Waals surface area contributed by atoms with E-state index in [1.54, 1.807) is 0 Å². The third kappa shape index (κ3) is 4.64. The van der Waals surface area contributed by atoms with Crippen molar-refractivity contribution in [2.75, 3.05) is 0 Å². The maximum absolute atomic E-state index is 11.2. The molecule has 19 heavy (non-hydrogen) atoms. The van der Waals surface area contributed by atoms with Gasteiger partial charge in [-0.05, 0) is 35.5 Å². The van der Waals surface area contributed by atoms with Gasteiger partial charge in [0, 0.05) is 0 Å². The molecule has 0 aromatic rings. The van der Waals surface area contributed by atoms with Gasteiger partial charge in [-0.2, -0.15) is 0 Å². The highest BCUT2D eigenvalue weighted by Crippen LogP contribution is 2.43. The third-order valence-electron chi connectivity index (χ3n) is 3.83. The van der Waals surface area contributed by atoms with Gasteiger partial charge < -0.3 is 4.43 Å². The summed E-state index contributed by atoms with van der Waals surface area (Å²) in [6, 6.07) is 0. The summed E-state index contributed by atoms with van der Waals surface area (Å²) < 4.78 is 6.32. The van der Waals surface area contributed by atoms with Crippen molar-refractivity contribution >= 4 is 14.6 Å². The molecule has 0 unspecified atom stereocenters. The van der Waals surface area contributed by atoms with Crippen LogP contribution in [0, 0.1) is 0 Å². The summed E-state index contributed by atoms with van der Waals surface area (Å²) in [4.78, 5) is 11.2. The van der Waals surface area contributed by atoms with Crippen LogP contribution < -0.4 is 0 Å². The maximum Gasteiger partial charge on any atom is 0.258 e. The molecule has 0 spiro atoms. The molecule has 0 aliphatic rings. The highest BCUT2D eigenvalue weighted by atomic mass is 28.4. The summed E-state index contributed by atoms with van der Waals surface area (Å²) >= 11 is 0. The van der Waals surface area contributed by atoms with E-state index < -0.39 is 8.32 Å². The first-order valence-corrected chi connectivity index (χ1v) is 9.42. The summed E-state index contributed by atoms with van der Waals surface area (Å²) in [5, 5.41) is 0. The minimum absolute atomic E-state index is 0.482. The van der Waals surface area contributed by atoms with Crippen molar-refractivity contribution in [2.45, 2.75) is 71.0 Å². The van der Waals surface area contributed by atoms with Crippen molar-refractivity contribution in [3.05, 3.63) is 24.5 Å². The van der Waals surface area contributed by atoms with Gasteiger partial charge in [-0.3, -0.25) is 4.79 Å². The van der Waals surface area contributed by atoms with E-state index in [0.717, 1.165) is 19.1 Å². The number of carbonyl (C=O) groups excluding carboxylic acids is 1. The van der Waals surface area contributed by atoms with Crippen molar-refractivity contribution in [1.29, 1.82) is 0 Å². The summed E-state index contributed by atoms with van der Waals surface area (Å²) in [5.74, 6) is 0.518. The highest BCUT2D eigenvalue weighted by molar-refractivity contribution is 6.78. The monoisotopic (exact) mass is 282 g/mol. The van der Waals surface area contributed by atoms with Crippen LogP contribution >= 0.6 is 0 Å². The van der Waals surface area contributed by atoms with Crippen molar-refractivity contribution in [1.82, 2.24) is 0 Å². The number of unbranched alkanes of at least 4 members (excludes halogenated alkanes) is 1. The molecule has 0 bridgehead atoms. The number of aldehydes is 1. The van der Waals surface area contributed by atoms with Crippen molar-refractivity contribution < 1.29 is 9.22 Å². The molecule has 0 fully saturated rings. The SMILES string of the molecule is C=CCC/C=C(/C=O)O[Si](C(C)C)(C(C)C)C(C)C. The average molecular weight is 282 g/mol. The second-order valence-corrected chi connectivity index (χ2v) is 11.4. The van der Waals surface area contributed by atoms with Crippen LogP contribution in [0.5, 0.6) is 0 Å². The molecule has 0 aliphatic heterocycles. The highest BCUT2D eigenvalue weighted by Gasteiger charge is 2.47. The maximum atomic E-state index is 11.2. The van der Waals surface area contributed by atoms with E-state index in [1.165, 1.54) is 0 Å². The van der Waals surface area contributed by atoms with Crippen molar-refractivity contribution in [3.8, 4) is 0 Å². The van der Waals surface area contributed by atoms with E-state index >= 15 is 0 Å². The Morgan fingerprint density at radius 3 is 1.84 bits per heavy atom. The van der Waals surface area contributed by atoms with E-state index in [2.05, 4.69) is 48.1 Å². The zero-order valence-electron chi connectivity index (χ0n) is 13.4. The van der Waals surface area contributed by atoms with E-state index in [-0.39, 0.29) is 0 Å². The Morgan fingerprint density at radius 2 is 1.53 bits per heavy atom. The second kappa shape index (κ2) is 8.36. The van der Waals surface area contributed by atoms with E-state index in [4.69, 9.17) is 4.43 Å². The smallest absolute Gasteiger partial charge is 0.258 e. The van der Waals surface area contributed by atoms with Crippen LogP contribution in [0.1, 0.15) is 54.4 Å². The molecule has 0 saturated heterocycles. The fourth-order valence-corrected chi connectivity index (χ4v) is 8.26. The van der Waals surface area contributed by atoms with E-state index in [1.807, 2.05) is 12.2 Å². The fraction of sp³-hybridized carbons (Fsp3) is 0.688. The van der Waals surface area contributed by atoms with E-state index in [0.29, 0.717) is 22.4 Å². The molecule has 0 radical (unpaired) electrons. The van der Waals surface area contributed by atoms with E-state index in [9.17, 15) is 4.79 Å². The van der Waals surface area contributed by atoms with Gasteiger partial charge in [0.15, 0.2) is 6.29 Å². The summed E-state index contributed by atoms with van der Waals surface area (Å²) in [5.41, 5.74) is 1.45. The van der Waals surface area contributed by atoms with Crippen LogP contribution in [0.15, 0.2) is 24.5 Å². The van der Waals surface area contributed by atoms with Crippen LogP contribution in [-0.4, -0.2) is 14.6 Å². The molecule has 2 nitrogen and oxygen atoms in total. The quantitative estimate of drug-likeness (QED) is 0.145. The molecule has 0 aromatic heterocycles. The Labute approximate surface area is 120 Å². The zero-order chi connectivity index (χ0) is 15.1. The van der Waals surface area contributed by atoms with Crippen molar-refractivity contribution in [2.24, 2.45) is 0 Å². The Balaban J connectivity index is 5.23. The third-order valence-corrected chi connectivity index (χ3v) is 9.84. The summed E-state index contributed by atoms with van der Waals surface area (Å²) in [6.45, 7) is 17.0. The first-order valence-electron chi connectivity index (χ1n) is 7.28. The topological polar surface area (TPSA) is 26.3 Å². The molecule has 0 amide bonds. The Bertz CT molecular complexity index is 295. The fourth-order valence-electron chi connectivity index (χ4n) is 3.01. The average Bonchev–Trinajstić information content (AvgIpc) is 2.32. The van der Waals surface area contributed by atoms with Gasteiger partial charge in [0.05, 0.1) is 0 Å². The molecule has 3 heteroatoms. The van der Waals surface area contributed by atoms with Gasteiger partial charge in [-0.25, -0.2) is 0 Å². The molecule has 0 aliphatic carbocycles. The lowest BCUT2D eigenvalue weighted by molar-refractivity contribution is -0.106. The van der Waals surface area contributed by atoms with Crippen LogP contribution in [0.2, 0.25) is 16.6 Å². The van der Waals surface area contributed by atoms with Gasteiger partial charge in [0.1, 0.15) is 5.76 Å². The lowest BCUT2D eigenvalue weighted by atomic mass is 10.3. The molecule has 0 rings (SSSR count). The lowest BCUT2D eigenvalue weighted by Gasteiger charge is -2.42. The first kappa shape index (κ1) is 18.2. The Morgan fingerprint density at radius 1 is 1.05 bits per heavy atom. The zero-order valence-corrected chi connectivity index (χ0v) is 14.4. The molecule has 0 N–H and O–H groups in total. The van der Waals surface area contributed by atoms with Crippen LogP contribution in [0.3, 0.4) is 0 Å². The number of carbonyl (C=O) groups is 1. The number of rotatable bonds is 9. The number of allylic oxidation sites excluding steroid dienone is 3. The van der Waals surface area contributed by atoms with Gasteiger partial charge in [0.2, 0.25) is 0 Å². The molecular formula is C16H30O2Si. The largest absolute Gasteiger partial charge is 0.541 e. The Kier molecular flexibility index (Phi) is 7.99. The van der Waals surface area contributed by atoms with Crippen LogP contribution in [0.25, 0.3) is 0 Å². The van der Waals surface area contributed by atoms with Gasteiger partial charge >= 0.3 is 0 Å².